The summed E-state index contributed by atoms with van der Waals surface area (Å²) in [6.45, 7) is 0.893. The fourth-order valence-electron chi connectivity index (χ4n) is 2.09. The lowest BCUT2D eigenvalue weighted by Gasteiger charge is -2.11. The van der Waals surface area contributed by atoms with Crippen LogP contribution in [0.1, 0.15) is 5.56 Å². The second kappa shape index (κ2) is 5.51. The summed E-state index contributed by atoms with van der Waals surface area (Å²) in [5.41, 5.74) is 1.95. The number of fused-ring (bicyclic) bond motifs is 1. The van der Waals surface area contributed by atoms with Crippen LogP contribution in [-0.4, -0.2) is 13.9 Å². The van der Waals surface area contributed by atoms with Crippen LogP contribution in [0.2, 0.25) is 5.02 Å². The maximum atomic E-state index is 6.01. The first-order chi connectivity index (χ1) is 9.76. The van der Waals surface area contributed by atoms with Gasteiger partial charge in [-0.25, -0.2) is 0 Å². The molecule has 3 rings (SSSR count). The van der Waals surface area contributed by atoms with Gasteiger partial charge in [-0.05, 0) is 30.3 Å². The molecule has 0 radical (unpaired) electrons. The Bertz CT molecular complexity index is 631. The fraction of sp³-hybridized carbons (Fsp3) is 0.200. The molecular weight excluding hydrogens is 278 g/mol. The first-order valence-electron chi connectivity index (χ1n) is 6.22. The summed E-state index contributed by atoms with van der Waals surface area (Å²) < 4.78 is 15.9. The molecule has 0 spiro atoms. The first kappa shape index (κ1) is 12.9. The third-order valence-electron chi connectivity index (χ3n) is 3.10. The molecule has 0 unspecified atom stereocenters. The minimum absolute atomic E-state index is 0.279. The summed E-state index contributed by atoms with van der Waals surface area (Å²) in [6, 6.07) is 11.3. The topological polar surface area (TPSA) is 39.7 Å². The number of rotatable bonds is 4. The van der Waals surface area contributed by atoms with E-state index in [0.717, 1.165) is 28.5 Å². The molecule has 0 atom stereocenters. The SMILES string of the molecule is COc1ccc(Cl)cc1CNc1ccc2c(c1)OCO2. The Labute approximate surface area is 122 Å². The van der Waals surface area contributed by atoms with Crippen molar-refractivity contribution in [2.24, 2.45) is 0 Å². The Kier molecular flexibility index (Phi) is 3.56. The summed E-state index contributed by atoms with van der Waals surface area (Å²) in [5, 5.41) is 4.01. The van der Waals surface area contributed by atoms with Gasteiger partial charge in [-0.2, -0.15) is 0 Å². The summed E-state index contributed by atoms with van der Waals surface area (Å²) in [4.78, 5) is 0. The highest BCUT2D eigenvalue weighted by atomic mass is 35.5. The number of hydrogen-bond donors (Lipinski definition) is 1. The van der Waals surface area contributed by atoms with E-state index in [2.05, 4.69) is 5.32 Å². The molecule has 2 aromatic rings. The molecule has 0 aromatic heterocycles. The standard InChI is InChI=1S/C15H14ClNO3/c1-18-13-4-2-11(16)6-10(13)8-17-12-3-5-14-15(7-12)20-9-19-14/h2-7,17H,8-9H2,1H3. The van der Waals surface area contributed by atoms with E-state index in [9.17, 15) is 0 Å². The summed E-state index contributed by atoms with van der Waals surface area (Å²) >= 11 is 6.01. The van der Waals surface area contributed by atoms with Gasteiger partial charge in [-0.3, -0.25) is 0 Å². The lowest BCUT2D eigenvalue weighted by atomic mass is 10.2. The number of anilines is 1. The van der Waals surface area contributed by atoms with Crippen molar-refractivity contribution < 1.29 is 14.2 Å². The zero-order valence-corrected chi connectivity index (χ0v) is 11.7. The Balaban J connectivity index is 1.75. The molecule has 1 N–H and O–H groups in total. The number of benzene rings is 2. The van der Waals surface area contributed by atoms with Crippen LogP contribution in [-0.2, 0) is 6.54 Å². The van der Waals surface area contributed by atoms with Gasteiger partial charge >= 0.3 is 0 Å². The van der Waals surface area contributed by atoms with E-state index in [1.165, 1.54) is 0 Å². The van der Waals surface area contributed by atoms with Crippen LogP contribution in [0.4, 0.5) is 5.69 Å². The molecule has 1 heterocycles. The molecule has 0 saturated heterocycles. The monoisotopic (exact) mass is 291 g/mol. The first-order valence-corrected chi connectivity index (χ1v) is 6.60. The Morgan fingerprint density at radius 2 is 2.00 bits per heavy atom. The summed E-state index contributed by atoms with van der Waals surface area (Å²) in [6.07, 6.45) is 0. The lowest BCUT2D eigenvalue weighted by molar-refractivity contribution is 0.174. The quantitative estimate of drug-likeness (QED) is 0.932. The van der Waals surface area contributed by atoms with E-state index in [-0.39, 0.29) is 6.79 Å². The van der Waals surface area contributed by atoms with Crippen molar-refractivity contribution in [3.05, 3.63) is 47.0 Å². The fourth-order valence-corrected chi connectivity index (χ4v) is 2.28. The van der Waals surface area contributed by atoms with Crippen molar-refractivity contribution >= 4 is 17.3 Å². The van der Waals surface area contributed by atoms with Crippen LogP contribution >= 0.6 is 11.6 Å². The molecule has 0 aliphatic carbocycles. The van der Waals surface area contributed by atoms with E-state index in [1.54, 1.807) is 7.11 Å². The van der Waals surface area contributed by atoms with E-state index in [1.807, 2.05) is 36.4 Å². The van der Waals surface area contributed by atoms with Gasteiger partial charge in [-0.1, -0.05) is 11.6 Å². The van der Waals surface area contributed by atoms with Crippen LogP contribution in [0, 0.1) is 0 Å². The molecule has 0 bridgehead atoms. The maximum Gasteiger partial charge on any atom is 0.231 e. The van der Waals surface area contributed by atoms with E-state index >= 15 is 0 Å². The van der Waals surface area contributed by atoms with E-state index < -0.39 is 0 Å². The van der Waals surface area contributed by atoms with Gasteiger partial charge in [0, 0.05) is 28.9 Å². The zero-order valence-electron chi connectivity index (χ0n) is 11.0. The van der Waals surface area contributed by atoms with E-state index in [4.69, 9.17) is 25.8 Å². The highest BCUT2D eigenvalue weighted by Gasteiger charge is 2.13. The Morgan fingerprint density at radius 1 is 1.15 bits per heavy atom. The van der Waals surface area contributed by atoms with Crippen LogP contribution in [0.25, 0.3) is 0 Å². The molecule has 5 heteroatoms. The van der Waals surface area contributed by atoms with Gasteiger partial charge in [0.2, 0.25) is 6.79 Å². The van der Waals surface area contributed by atoms with Crippen LogP contribution in [0.3, 0.4) is 0 Å². The third-order valence-corrected chi connectivity index (χ3v) is 3.33. The minimum Gasteiger partial charge on any atom is -0.496 e. The second-order valence-corrected chi connectivity index (χ2v) is 4.81. The van der Waals surface area contributed by atoms with Gasteiger partial charge in [0.1, 0.15) is 5.75 Å². The number of methoxy groups -OCH3 is 1. The Morgan fingerprint density at radius 3 is 2.85 bits per heavy atom. The smallest absolute Gasteiger partial charge is 0.231 e. The van der Waals surface area contributed by atoms with E-state index in [0.29, 0.717) is 11.6 Å². The van der Waals surface area contributed by atoms with Gasteiger partial charge in [0.15, 0.2) is 11.5 Å². The van der Waals surface area contributed by atoms with Crippen molar-refractivity contribution in [2.75, 3.05) is 19.2 Å². The third kappa shape index (κ3) is 2.60. The number of hydrogen-bond acceptors (Lipinski definition) is 4. The van der Waals surface area contributed by atoms with Crippen LogP contribution < -0.4 is 19.5 Å². The largest absolute Gasteiger partial charge is 0.496 e. The Hall–Kier alpha value is -2.07. The highest BCUT2D eigenvalue weighted by Crippen LogP contribution is 2.34. The minimum atomic E-state index is 0.279. The second-order valence-electron chi connectivity index (χ2n) is 4.38. The maximum absolute atomic E-state index is 6.01. The molecule has 0 saturated carbocycles. The molecule has 104 valence electrons. The molecule has 0 fully saturated rings. The zero-order chi connectivity index (χ0) is 13.9. The van der Waals surface area contributed by atoms with Crippen molar-refractivity contribution in [1.82, 2.24) is 0 Å². The highest BCUT2D eigenvalue weighted by molar-refractivity contribution is 6.30. The average molecular weight is 292 g/mol. The molecular formula is C15H14ClNO3. The van der Waals surface area contributed by atoms with Gasteiger partial charge in [-0.15, -0.1) is 0 Å². The molecule has 20 heavy (non-hydrogen) atoms. The van der Waals surface area contributed by atoms with Crippen LogP contribution in [0.15, 0.2) is 36.4 Å². The van der Waals surface area contributed by atoms with Crippen molar-refractivity contribution in [2.45, 2.75) is 6.54 Å². The molecule has 1 aliphatic heterocycles. The number of nitrogens with one attached hydrogen (secondary N) is 1. The van der Waals surface area contributed by atoms with Crippen LogP contribution in [0.5, 0.6) is 17.2 Å². The van der Waals surface area contributed by atoms with Gasteiger partial charge in [0.25, 0.3) is 0 Å². The number of halogens is 1. The average Bonchev–Trinajstić information content (AvgIpc) is 2.92. The molecule has 4 nitrogen and oxygen atoms in total. The van der Waals surface area contributed by atoms with Gasteiger partial charge in [0.05, 0.1) is 7.11 Å². The lowest BCUT2D eigenvalue weighted by Crippen LogP contribution is -2.01. The normalized spacial score (nSPS) is 12.3. The van der Waals surface area contributed by atoms with Crippen molar-refractivity contribution in [3.63, 3.8) is 0 Å². The number of ether oxygens (including phenoxy) is 3. The predicted molar refractivity (Wildman–Crippen MR) is 77.9 cm³/mol. The summed E-state index contributed by atoms with van der Waals surface area (Å²) in [7, 11) is 1.65. The van der Waals surface area contributed by atoms with Crippen molar-refractivity contribution in [3.8, 4) is 17.2 Å². The molecule has 1 aliphatic rings. The summed E-state index contributed by atoms with van der Waals surface area (Å²) in [5.74, 6) is 2.34. The van der Waals surface area contributed by atoms with Crippen molar-refractivity contribution in [1.29, 1.82) is 0 Å². The molecule has 2 aromatic carbocycles. The van der Waals surface area contributed by atoms with Gasteiger partial charge < -0.3 is 19.5 Å². The molecule has 0 amide bonds. The predicted octanol–water partition coefficient (Wildman–Crippen LogP) is 3.69.